The highest BCUT2D eigenvalue weighted by Gasteiger charge is 2.36. The van der Waals surface area contributed by atoms with E-state index in [0.717, 1.165) is 41.8 Å². The van der Waals surface area contributed by atoms with Crippen LogP contribution in [0.4, 0.5) is 0 Å². The van der Waals surface area contributed by atoms with E-state index in [-0.39, 0.29) is 0 Å². The fourth-order valence-electron chi connectivity index (χ4n) is 3.41. The molecule has 1 heterocycles. The number of aromatic hydroxyl groups is 1. The molecule has 1 saturated heterocycles. The van der Waals surface area contributed by atoms with Gasteiger partial charge in [-0.1, -0.05) is 28.4 Å². The average Bonchev–Trinajstić information content (AvgIpc) is 2.41. The number of hydrogen-bond acceptors (Lipinski definition) is 3. The molecule has 2 aliphatic rings. The minimum Gasteiger partial charge on any atom is -0.507 e. The molecule has 0 bridgehead atoms. The van der Waals surface area contributed by atoms with E-state index in [2.05, 4.69) is 32.2 Å². The quantitative estimate of drug-likeness (QED) is 0.888. The summed E-state index contributed by atoms with van der Waals surface area (Å²) in [5, 5.41) is 14.0. The standard InChI is InChI=1S/C16H23BrN2O/c1-11-5-6-13(17)14(16(11)20)15(12-3-2-4-12)19-9-7-18-8-10-19/h5-6,12,15,18,20H,2-4,7-10H2,1H3/t15-/m0/s1. The number of piperazine rings is 1. The Kier molecular flexibility index (Phi) is 4.34. The van der Waals surface area contributed by atoms with E-state index in [0.29, 0.717) is 17.7 Å². The van der Waals surface area contributed by atoms with Gasteiger partial charge >= 0.3 is 0 Å². The van der Waals surface area contributed by atoms with Crippen molar-refractivity contribution in [2.24, 2.45) is 5.92 Å². The Labute approximate surface area is 129 Å². The van der Waals surface area contributed by atoms with Gasteiger partial charge in [0.05, 0.1) is 0 Å². The summed E-state index contributed by atoms with van der Waals surface area (Å²) in [7, 11) is 0. The largest absolute Gasteiger partial charge is 0.507 e. The first kappa shape index (κ1) is 14.4. The summed E-state index contributed by atoms with van der Waals surface area (Å²) in [4.78, 5) is 2.56. The normalized spacial score (nSPS) is 22.5. The second kappa shape index (κ2) is 6.04. The number of halogens is 1. The predicted octanol–water partition coefficient (Wildman–Crippen LogP) is 3.21. The molecule has 4 heteroatoms. The summed E-state index contributed by atoms with van der Waals surface area (Å²) in [6.45, 7) is 6.23. The molecule has 1 aromatic carbocycles. The molecular formula is C16H23BrN2O. The maximum absolute atomic E-state index is 10.6. The van der Waals surface area contributed by atoms with Gasteiger partial charge in [-0.2, -0.15) is 0 Å². The highest BCUT2D eigenvalue weighted by atomic mass is 79.9. The van der Waals surface area contributed by atoms with Gasteiger partial charge in [0.25, 0.3) is 0 Å². The first-order chi connectivity index (χ1) is 9.68. The third kappa shape index (κ3) is 2.61. The molecule has 1 atom stereocenters. The lowest BCUT2D eigenvalue weighted by molar-refractivity contribution is 0.0814. The van der Waals surface area contributed by atoms with Gasteiger partial charge in [0, 0.05) is 42.3 Å². The predicted molar refractivity (Wildman–Crippen MR) is 85.1 cm³/mol. The summed E-state index contributed by atoms with van der Waals surface area (Å²) in [6.07, 6.45) is 3.90. The van der Waals surface area contributed by atoms with Gasteiger partial charge in [-0.15, -0.1) is 0 Å². The molecule has 2 N–H and O–H groups in total. The van der Waals surface area contributed by atoms with Crippen LogP contribution in [-0.4, -0.2) is 36.2 Å². The Hall–Kier alpha value is -0.580. The number of benzene rings is 1. The summed E-state index contributed by atoms with van der Waals surface area (Å²) >= 11 is 3.67. The molecule has 0 aromatic heterocycles. The van der Waals surface area contributed by atoms with Gasteiger partial charge in [0.1, 0.15) is 5.75 Å². The number of aryl methyl sites for hydroxylation is 1. The van der Waals surface area contributed by atoms with E-state index in [1.807, 2.05) is 13.0 Å². The van der Waals surface area contributed by atoms with Gasteiger partial charge in [0.2, 0.25) is 0 Å². The third-order valence-corrected chi connectivity index (χ3v) is 5.49. The van der Waals surface area contributed by atoms with Crippen molar-refractivity contribution in [2.45, 2.75) is 32.2 Å². The molecule has 1 aromatic rings. The Morgan fingerprint density at radius 3 is 2.60 bits per heavy atom. The molecule has 1 aliphatic carbocycles. The molecule has 1 saturated carbocycles. The zero-order chi connectivity index (χ0) is 14.1. The van der Waals surface area contributed by atoms with Crippen LogP contribution in [0, 0.1) is 12.8 Å². The average molecular weight is 339 g/mol. The molecule has 2 fully saturated rings. The van der Waals surface area contributed by atoms with Crippen molar-refractivity contribution in [2.75, 3.05) is 26.2 Å². The lowest BCUT2D eigenvalue weighted by Gasteiger charge is -2.43. The minimum absolute atomic E-state index is 0.361. The van der Waals surface area contributed by atoms with Gasteiger partial charge in [-0.25, -0.2) is 0 Å². The Morgan fingerprint density at radius 1 is 1.30 bits per heavy atom. The van der Waals surface area contributed by atoms with E-state index in [1.54, 1.807) is 0 Å². The molecule has 3 rings (SSSR count). The molecule has 0 radical (unpaired) electrons. The van der Waals surface area contributed by atoms with E-state index < -0.39 is 0 Å². The van der Waals surface area contributed by atoms with E-state index in [9.17, 15) is 5.11 Å². The molecular weight excluding hydrogens is 316 g/mol. The summed E-state index contributed by atoms with van der Waals surface area (Å²) in [5.74, 6) is 1.17. The van der Waals surface area contributed by atoms with Crippen molar-refractivity contribution in [3.8, 4) is 5.75 Å². The summed E-state index contributed by atoms with van der Waals surface area (Å²) in [5.41, 5.74) is 2.08. The topological polar surface area (TPSA) is 35.5 Å². The molecule has 0 unspecified atom stereocenters. The molecule has 20 heavy (non-hydrogen) atoms. The van der Waals surface area contributed by atoms with Crippen LogP contribution in [0.5, 0.6) is 5.75 Å². The van der Waals surface area contributed by atoms with Crippen molar-refractivity contribution in [1.29, 1.82) is 0 Å². The first-order valence-electron chi connectivity index (χ1n) is 7.61. The lowest BCUT2D eigenvalue weighted by Crippen LogP contribution is -2.48. The number of phenolic OH excluding ortho intramolecular Hbond substituents is 1. The van der Waals surface area contributed by atoms with Crippen LogP contribution in [0.15, 0.2) is 16.6 Å². The fourth-order valence-corrected chi connectivity index (χ4v) is 3.96. The second-order valence-corrected chi connectivity index (χ2v) is 6.90. The van der Waals surface area contributed by atoms with Gasteiger partial charge < -0.3 is 10.4 Å². The minimum atomic E-state index is 0.361. The zero-order valence-electron chi connectivity index (χ0n) is 12.0. The SMILES string of the molecule is Cc1ccc(Br)c([C@H](C2CCC2)N2CCNCC2)c1O. The molecule has 0 amide bonds. The van der Waals surface area contributed by atoms with Crippen LogP contribution in [-0.2, 0) is 0 Å². The number of rotatable bonds is 3. The zero-order valence-corrected chi connectivity index (χ0v) is 13.6. The highest BCUT2D eigenvalue weighted by molar-refractivity contribution is 9.10. The summed E-state index contributed by atoms with van der Waals surface area (Å²) in [6, 6.07) is 4.43. The maximum atomic E-state index is 10.6. The number of nitrogens with zero attached hydrogens (tertiary/aromatic N) is 1. The number of hydrogen-bond donors (Lipinski definition) is 2. The maximum Gasteiger partial charge on any atom is 0.124 e. The third-order valence-electron chi connectivity index (χ3n) is 4.80. The lowest BCUT2D eigenvalue weighted by atomic mass is 9.76. The fraction of sp³-hybridized carbons (Fsp3) is 0.625. The van der Waals surface area contributed by atoms with Crippen molar-refractivity contribution < 1.29 is 5.11 Å². The van der Waals surface area contributed by atoms with E-state index in [1.165, 1.54) is 19.3 Å². The van der Waals surface area contributed by atoms with Crippen molar-refractivity contribution in [3.05, 3.63) is 27.7 Å². The van der Waals surface area contributed by atoms with Crippen LogP contribution >= 0.6 is 15.9 Å². The highest BCUT2D eigenvalue weighted by Crippen LogP contribution is 2.47. The summed E-state index contributed by atoms with van der Waals surface area (Å²) < 4.78 is 1.05. The van der Waals surface area contributed by atoms with Crippen LogP contribution in [0.25, 0.3) is 0 Å². The van der Waals surface area contributed by atoms with E-state index >= 15 is 0 Å². The van der Waals surface area contributed by atoms with Crippen LogP contribution in [0.2, 0.25) is 0 Å². The second-order valence-electron chi connectivity index (χ2n) is 6.05. The first-order valence-corrected chi connectivity index (χ1v) is 8.40. The van der Waals surface area contributed by atoms with Crippen LogP contribution in [0.3, 0.4) is 0 Å². The molecule has 1 aliphatic heterocycles. The van der Waals surface area contributed by atoms with Crippen molar-refractivity contribution in [3.63, 3.8) is 0 Å². The van der Waals surface area contributed by atoms with Crippen LogP contribution in [0.1, 0.15) is 36.4 Å². The number of phenols is 1. The Morgan fingerprint density at radius 2 is 2.00 bits per heavy atom. The van der Waals surface area contributed by atoms with E-state index in [4.69, 9.17) is 0 Å². The van der Waals surface area contributed by atoms with Crippen LogP contribution < -0.4 is 5.32 Å². The van der Waals surface area contributed by atoms with Crippen molar-refractivity contribution >= 4 is 15.9 Å². The monoisotopic (exact) mass is 338 g/mol. The van der Waals surface area contributed by atoms with Gasteiger partial charge in [-0.3, -0.25) is 4.90 Å². The van der Waals surface area contributed by atoms with Gasteiger partial charge in [-0.05, 0) is 37.3 Å². The smallest absolute Gasteiger partial charge is 0.124 e. The Bertz CT molecular complexity index is 482. The molecule has 0 spiro atoms. The van der Waals surface area contributed by atoms with Crippen molar-refractivity contribution in [1.82, 2.24) is 10.2 Å². The van der Waals surface area contributed by atoms with Gasteiger partial charge in [0.15, 0.2) is 0 Å². The Balaban J connectivity index is 1.98. The molecule has 110 valence electrons. The molecule has 3 nitrogen and oxygen atoms in total. The number of nitrogens with one attached hydrogen (secondary N) is 1.